The van der Waals surface area contributed by atoms with Gasteiger partial charge in [-0.05, 0) is 115 Å². The summed E-state index contributed by atoms with van der Waals surface area (Å²) in [5.41, 5.74) is 9.69. The van der Waals surface area contributed by atoms with E-state index in [9.17, 15) is 4.79 Å². The van der Waals surface area contributed by atoms with E-state index in [1.54, 1.807) is 11.1 Å². The second-order valence-electron chi connectivity index (χ2n) is 12.4. The van der Waals surface area contributed by atoms with Crippen LogP contribution in [0.3, 0.4) is 0 Å². The smallest absolute Gasteiger partial charge is 0.357 e. The van der Waals surface area contributed by atoms with Crippen LogP contribution in [0.4, 0.5) is 0 Å². The fourth-order valence-corrected chi connectivity index (χ4v) is 8.57. The molecule has 4 nitrogen and oxygen atoms in total. The Hall–Kier alpha value is -2.72. The van der Waals surface area contributed by atoms with E-state index in [1.807, 2.05) is 37.4 Å². The lowest BCUT2D eigenvalue weighted by Gasteiger charge is -2.58. The number of carbonyl (C=O) groups is 1. The van der Waals surface area contributed by atoms with Gasteiger partial charge in [0.2, 0.25) is 0 Å². The summed E-state index contributed by atoms with van der Waals surface area (Å²) >= 11 is 0. The van der Waals surface area contributed by atoms with E-state index in [2.05, 4.69) is 54.8 Å². The van der Waals surface area contributed by atoms with Crippen LogP contribution in [0.1, 0.15) is 80.3 Å². The molecule has 37 heavy (non-hydrogen) atoms. The van der Waals surface area contributed by atoms with Crippen LogP contribution in [0, 0.1) is 41.4 Å². The summed E-state index contributed by atoms with van der Waals surface area (Å²) in [6.07, 6.45) is 17.7. The second kappa shape index (κ2) is 9.54. The van der Waals surface area contributed by atoms with Gasteiger partial charge in [-0.25, -0.2) is 4.79 Å². The number of hydrogen-bond donors (Lipinski definition) is 1. The van der Waals surface area contributed by atoms with Crippen molar-refractivity contribution in [2.24, 2.45) is 34.5 Å². The number of pyridine rings is 1. The molecule has 0 saturated heterocycles. The number of aromatic nitrogens is 1. The van der Waals surface area contributed by atoms with Gasteiger partial charge in [0.15, 0.2) is 0 Å². The third-order valence-electron chi connectivity index (χ3n) is 10.6. The third-order valence-corrected chi connectivity index (χ3v) is 10.6. The lowest BCUT2D eigenvalue weighted by atomic mass is 9.46. The Morgan fingerprint density at radius 3 is 2.70 bits per heavy atom. The van der Waals surface area contributed by atoms with Crippen LogP contribution in [0.15, 0.2) is 66.5 Å². The number of benzene rings is 1. The van der Waals surface area contributed by atoms with Crippen LogP contribution in [0.25, 0.3) is 5.57 Å². The number of hydrogen-bond acceptors (Lipinski definition) is 4. The van der Waals surface area contributed by atoms with Crippen molar-refractivity contribution in [1.29, 1.82) is 0 Å². The summed E-state index contributed by atoms with van der Waals surface area (Å²) in [5.74, 6) is 2.45. The van der Waals surface area contributed by atoms with Gasteiger partial charge in [-0.2, -0.15) is 5.48 Å². The Morgan fingerprint density at radius 2 is 1.89 bits per heavy atom. The van der Waals surface area contributed by atoms with Crippen LogP contribution < -0.4 is 5.48 Å². The molecule has 0 aliphatic heterocycles. The number of hydroxylamine groups is 1. The zero-order chi connectivity index (χ0) is 25.6. The van der Waals surface area contributed by atoms with E-state index in [0.717, 1.165) is 29.7 Å². The van der Waals surface area contributed by atoms with Gasteiger partial charge >= 0.3 is 5.97 Å². The monoisotopic (exact) mass is 496 g/mol. The summed E-state index contributed by atoms with van der Waals surface area (Å²) in [6.45, 7) is 7.72. The van der Waals surface area contributed by atoms with Crippen molar-refractivity contribution < 1.29 is 9.63 Å². The number of carbonyl (C=O) groups excluding carboxylic acids is 1. The van der Waals surface area contributed by atoms with Crippen molar-refractivity contribution in [1.82, 2.24) is 10.5 Å². The van der Waals surface area contributed by atoms with Crippen LogP contribution in [-0.2, 0) is 4.84 Å². The second-order valence-corrected chi connectivity index (χ2v) is 12.4. The largest absolute Gasteiger partial charge is 0.367 e. The number of aryl methyl sites for hydroxylation is 1. The average molecular weight is 497 g/mol. The van der Waals surface area contributed by atoms with E-state index in [-0.39, 0.29) is 11.4 Å². The molecule has 194 valence electrons. The molecular formula is C33H40N2O2. The topological polar surface area (TPSA) is 51.2 Å². The van der Waals surface area contributed by atoms with Gasteiger partial charge < -0.3 is 4.84 Å². The number of rotatable bonds is 5. The fraction of sp³-hybridized carbons (Fsp3) is 0.515. The van der Waals surface area contributed by atoms with Gasteiger partial charge in [-0.3, -0.25) is 4.98 Å². The predicted molar refractivity (Wildman–Crippen MR) is 147 cm³/mol. The molecule has 6 atom stereocenters. The van der Waals surface area contributed by atoms with Crippen molar-refractivity contribution >= 4 is 11.5 Å². The normalized spacial score (nSPS) is 34.5. The van der Waals surface area contributed by atoms with Crippen LogP contribution >= 0.6 is 0 Å². The van der Waals surface area contributed by atoms with E-state index >= 15 is 0 Å². The minimum Gasteiger partial charge on any atom is -0.367 e. The summed E-state index contributed by atoms with van der Waals surface area (Å²) in [6, 6.07) is 11.9. The molecule has 6 rings (SSSR count). The number of fused-ring (bicyclic) bond motifs is 5. The maximum atomic E-state index is 12.5. The molecule has 0 amide bonds. The molecule has 1 aromatic heterocycles. The lowest BCUT2D eigenvalue weighted by Crippen LogP contribution is -2.50. The lowest BCUT2D eigenvalue weighted by molar-refractivity contribution is -0.0254. The average Bonchev–Trinajstić information content (AvgIpc) is 3.26. The zero-order valence-electron chi connectivity index (χ0n) is 22.5. The summed E-state index contributed by atoms with van der Waals surface area (Å²) < 4.78 is 0. The van der Waals surface area contributed by atoms with Crippen molar-refractivity contribution in [2.75, 3.05) is 6.54 Å². The van der Waals surface area contributed by atoms with Gasteiger partial charge in [0.05, 0.1) is 5.56 Å². The first kappa shape index (κ1) is 24.6. The molecule has 2 fully saturated rings. The van der Waals surface area contributed by atoms with Crippen LogP contribution in [0.5, 0.6) is 0 Å². The molecule has 1 N–H and O–H groups in total. The van der Waals surface area contributed by atoms with Crippen molar-refractivity contribution in [2.45, 2.75) is 65.7 Å². The standard InChI is InChI=1S/C33H40N2O2/c1-22-7-4-5-9-26(22)31(36)37-35-20-23-14-16-32(2)25(19-23)10-11-27-29-13-12-28(24-8-6-18-34-21-24)33(29,3)17-15-30(27)32/h4-9,12,18-19,21,23,27,29-30,35H,10-11,13-17,20H2,1-3H3/t23?,27-,29+,30+,32+,33-/m1/s1. The molecule has 4 aliphatic carbocycles. The Balaban J connectivity index is 1.11. The Bertz CT molecular complexity index is 1230. The van der Waals surface area contributed by atoms with Crippen molar-refractivity contribution in [3.63, 3.8) is 0 Å². The molecule has 1 unspecified atom stereocenters. The van der Waals surface area contributed by atoms with Gasteiger partial charge in [-0.15, -0.1) is 0 Å². The van der Waals surface area contributed by atoms with Gasteiger partial charge in [0.1, 0.15) is 0 Å². The molecule has 0 bridgehead atoms. The molecule has 2 aromatic rings. The summed E-state index contributed by atoms with van der Waals surface area (Å²) in [7, 11) is 0. The maximum Gasteiger partial charge on any atom is 0.357 e. The first-order valence-corrected chi connectivity index (χ1v) is 14.2. The molecule has 2 saturated carbocycles. The Kier molecular flexibility index (Phi) is 6.35. The third kappa shape index (κ3) is 4.18. The van der Waals surface area contributed by atoms with E-state index in [0.29, 0.717) is 23.4 Å². The highest BCUT2D eigenvalue weighted by atomic mass is 16.7. The number of nitrogens with one attached hydrogen (secondary N) is 1. The van der Waals surface area contributed by atoms with E-state index < -0.39 is 0 Å². The zero-order valence-corrected chi connectivity index (χ0v) is 22.5. The first-order valence-electron chi connectivity index (χ1n) is 14.2. The minimum atomic E-state index is -0.298. The highest BCUT2D eigenvalue weighted by Crippen LogP contribution is 2.66. The molecule has 4 aliphatic rings. The predicted octanol–water partition coefficient (Wildman–Crippen LogP) is 7.32. The van der Waals surface area contributed by atoms with Gasteiger partial charge in [0.25, 0.3) is 0 Å². The fourth-order valence-electron chi connectivity index (χ4n) is 8.57. The van der Waals surface area contributed by atoms with E-state index in [1.165, 1.54) is 44.1 Å². The molecular weight excluding hydrogens is 456 g/mol. The summed E-state index contributed by atoms with van der Waals surface area (Å²) in [5, 5.41) is 0. The molecule has 1 heterocycles. The van der Waals surface area contributed by atoms with E-state index in [4.69, 9.17) is 4.84 Å². The number of allylic oxidation sites excluding steroid dienone is 3. The van der Waals surface area contributed by atoms with Crippen molar-refractivity contribution in [3.05, 3.63) is 83.2 Å². The quantitative estimate of drug-likeness (QED) is 0.348. The minimum absolute atomic E-state index is 0.282. The molecule has 0 spiro atoms. The Morgan fingerprint density at radius 1 is 1.05 bits per heavy atom. The van der Waals surface area contributed by atoms with Crippen molar-refractivity contribution in [3.8, 4) is 0 Å². The Labute approximate surface area is 221 Å². The first-order chi connectivity index (χ1) is 17.9. The summed E-state index contributed by atoms with van der Waals surface area (Å²) in [4.78, 5) is 22.3. The van der Waals surface area contributed by atoms with Crippen LogP contribution in [0.2, 0.25) is 0 Å². The number of nitrogens with zero attached hydrogens (tertiary/aromatic N) is 1. The molecule has 0 radical (unpaired) electrons. The molecule has 4 heteroatoms. The SMILES string of the molecule is Cc1ccccc1C(=O)ONCC1C=C2CC[C@H]3[C@H](CC[C@]4(C)C(c5cccnc5)=CC[C@@H]34)[C@@]2(C)CC1. The van der Waals surface area contributed by atoms with Gasteiger partial charge in [0, 0.05) is 18.9 Å². The highest BCUT2D eigenvalue weighted by Gasteiger charge is 2.57. The maximum absolute atomic E-state index is 12.5. The molecule has 1 aromatic carbocycles. The van der Waals surface area contributed by atoms with Gasteiger partial charge in [-0.1, -0.05) is 55.8 Å². The van der Waals surface area contributed by atoms with Crippen LogP contribution in [-0.4, -0.2) is 17.5 Å². The highest BCUT2D eigenvalue weighted by molar-refractivity contribution is 5.90.